The molecule has 0 fully saturated rings. The molecule has 0 aromatic heterocycles. The molecule has 0 nitrogen and oxygen atoms in total. The third-order valence-corrected chi connectivity index (χ3v) is 7.18. The van der Waals surface area contributed by atoms with Crippen molar-refractivity contribution in [2.75, 3.05) is 0 Å². The topological polar surface area (TPSA) is 0 Å². The third-order valence-electron chi connectivity index (χ3n) is 6.81. The molecule has 1 aliphatic carbocycles. The van der Waals surface area contributed by atoms with Crippen molar-refractivity contribution in [2.45, 2.75) is 58.8 Å². The lowest BCUT2D eigenvalue weighted by Gasteiger charge is -2.22. The molecular formula is C30H32ClF. The minimum absolute atomic E-state index is 0.186. The smallest absolute Gasteiger partial charge is 0.150 e. The average molecular weight is 447 g/mol. The lowest BCUT2D eigenvalue weighted by molar-refractivity contribution is 0.434. The van der Waals surface area contributed by atoms with Crippen molar-refractivity contribution >= 4 is 17.2 Å². The summed E-state index contributed by atoms with van der Waals surface area (Å²) in [5.74, 6) is 0.488. The van der Waals surface area contributed by atoms with Crippen molar-refractivity contribution < 1.29 is 4.39 Å². The van der Waals surface area contributed by atoms with Gasteiger partial charge in [-0.25, -0.2) is 4.39 Å². The standard InChI is InChI=1S/C30H32ClF/c1-3-5-6-22-9-11-23(12-10-22)24-15-17-25(18-16-24)27-19-20-28(30(32)29(27)31)26-13-7-21(4-2)8-14-26/h7-8,11,13-20,22H,3-6,9-10,12H2,1-2H3. The summed E-state index contributed by atoms with van der Waals surface area (Å²) in [5, 5.41) is 0.186. The molecule has 0 saturated carbocycles. The molecule has 166 valence electrons. The lowest BCUT2D eigenvalue weighted by atomic mass is 9.84. The number of hydrogen-bond acceptors (Lipinski definition) is 0. The van der Waals surface area contributed by atoms with Gasteiger partial charge in [0.15, 0.2) is 0 Å². The monoisotopic (exact) mass is 446 g/mol. The summed E-state index contributed by atoms with van der Waals surface area (Å²) in [6.45, 7) is 4.38. The van der Waals surface area contributed by atoms with Crippen molar-refractivity contribution in [1.29, 1.82) is 0 Å². The molecule has 1 atom stereocenters. The van der Waals surface area contributed by atoms with E-state index in [0.29, 0.717) is 5.56 Å². The maximum atomic E-state index is 15.2. The van der Waals surface area contributed by atoms with Gasteiger partial charge in [0.1, 0.15) is 5.82 Å². The van der Waals surface area contributed by atoms with Gasteiger partial charge >= 0.3 is 0 Å². The molecule has 3 aromatic carbocycles. The third kappa shape index (κ3) is 4.99. The van der Waals surface area contributed by atoms with Crippen LogP contribution in [0.3, 0.4) is 0 Å². The Morgan fingerprint density at radius 2 is 1.47 bits per heavy atom. The molecule has 0 spiro atoms. The highest BCUT2D eigenvalue weighted by Gasteiger charge is 2.17. The number of aryl methyl sites for hydroxylation is 1. The summed E-state index contributed by atoms with van der Waals surface area (Å²) in [6.07, 6.45) is 11.0. The lowest BCUT2D eigenvalue weighted by Crippen LogP contribution is -2.05. The predicted octanol–water partition coefficient (Wildman–Crippen LogP) is 9.75. The Hall–Kier alpha value is -2.38. The highest BCUT2D eigenvalue weighted by atomic mass is 35.5. The first-order valence-electron chi connectivity index (χ1n) is 12.0. The number of hydrogen-bond donors (Lipinski definition) is 0. The first-order chi connectivity index (χ1) is 15.6. The second kappa shape index (κ2) is 10.5. The minimum atomic E-state index is -0.356. The van der Waals surface area contributed by atoms with Gasteiger partial charge in [0.25, 0.3) is 0 Å². The molecule has 0 aliphatic heterocycles. The van der Waals surface area contributed by atoms with Crippen LogP contribution >= 0.6 is 11.6 Å². The molecule has 4 rings (SSSR count). The minimum Gasteiger partial charge on any atom is -0.205 e. The van der Waals surface area contributed by atoms with Crippen LogP contribution in [0.2, 0.25) is 5.02 Å². The van der Waals surface area contributed by atoms with Crippen LogP contribution in [-0.2, 0) is 6.42 Å². The van der Waals surface area contributed by atoms with Crippen LogP contribution in [0.25, 0.3) is 27.8 Å². The van der Waals surface area contributed by atoms with Crippen molar-refractivity contribution in [3.63, 3.8) is 0 Å². The Morgan fingerprint density at radius 3 is 2.09 bits per heavy atom. The number of benzene rings is 3. The van der Waals surface area contributed by atoms with E-state index >= 15 is 4.39 Å². The normalized spacial score (nSPS) is 16.1. The first-order valence-corrected chi connectivity index (χ1v) is 12.4. The number of halogens is 2. The van der Waals surface area contributed by atoms with Gasteiger partial charge in [0, 0.05) is 11.1 Å². The Labute approximate surface area is 197 Å². The largest absolute Gasteiger partial charge is 0.205 e. The van der Waals surface area contributed by atoms with E-state index in [1.807, 2.05) is 36.4 Å². The van der Waals surface area contributed by atoms with Gasteiger partial charge in [-0.3, -0.25) is 0 Å². The number of rotatable bonds is 7. The highest BCUT2D eigenvalue weighted by molar-refractivity contribution is 6.33. The first kappa shape index (κ1) is 22.8. The molecule has 2 heteroatoms. The second-order valence-electron chi connectivity index (χ2n) is 8.93. The SMILES string of the molecule is CCCCC1CC=C(c2ccc(-c3ccc(-c4ccc(CC)cc4)c(F)c3Cl)cc2)CC1. The zero-order chi connectivity index (χ0) is 22.5. The molecule has 1 aliphatic rings. The van der Waals surface area contributed by atoms with Crippen LogP contribution in [0, 0.1) is 11.7 Å². The van der Waals surface area contributed by atoms with E-state index < -0.39 is 0 Å². The maximum absolute atomic E-state index is 15.2. The molecule has 1 unspecified atom stereocenters. The van der Waals surface area contributed by atoms with Gasteiger partial charge in [0.05, 0.1) is 5.02 Å². The predicted molar refractivity (Wildman–Crippen MR) is 137 cm³/mol. The zero-order valence-corrected chi connectivity index (χ0v) is 19.9. The summed E-state index contributed by atoms with van der Waals surface area (Å²) < 4.78 is 15.2. The van der Waals surface area contributed by atoms with Crippen LogP contribution in [0.5, 0.6) is 0 Å². The van der Waals surface area contributed by atoms with E-state index in [4.69, 9.17) is 11.6 Å². The number of unbranched alkanes of at least 4 members (excludes halogenated alkanes) is 1. The fourth-order valence-electron chi connectivity index (χ4n) is 4.68. The Kier molecular flexibility index (Phi) is 7.48. The van der Waals surface area contributed by atoms with Crippen LogP contribution < -0.4 is 0 Å². The van der Waals surface area contributed by atoms with Gasteiger partial charge < -0.3 is 0 Å². The van der Waals surface area contributed by atoms with Crippen molar-refractivity contribution in [3.8, 4) is 22.3 Å². The van der Waals surface area contributed by atoms with Gasteiger partial charge in [-0.15, -0.1) is 0 Å². The molecule has 0 heterocycles. The van der Waals surface area contributed by atoms with Crippen LogP contribution in [0.1, 0.15) is 63.5 Å². The van der Waals surface area contributed by atoms with Crippen LogP contribution in [0.4, 0.5) is 4.39 Å². The van der Waals surface area contributed by atoms with Gasteiger partial charge in [-0.05, 0) is 59.4 Å². The molecule has 0 amide bonds. The quantitative estimate of drug-likeness (QED) is 0.338. The second-order valence-corrected chi connectivity index (χ2v) is 9.31. The van der Waals surface area contributed by atoms with Crippen molar-refractivity contribution in [1.82, 2.24) is 0 Å². The van der Waals surface area contributed by atoms with Gasteiger partial charge in [-0.2, -0.15) is 0 Å². The van der Waals surface area contributed by atoms with Crippen molar-refractivity contribution in [3.05, 3.63) is 88.7 Å². The van der Waals surface area contributed by atoms with Crippen molar-refractivity contribution in [2.24, 2.45) is 5.92 Å². The highest BCUT2D eigenvalue weighted by Crippen LogP contribution is 2.37. The summed E-state index contributed by atoms with van der Waals surface area (Å²) in [5.41, 5.74) is 7.03. The molecule has 3 aromatic rings. The van der Waals surface area contributed by atoms with E-state index in [-0.39, 0.29) is 10.8 Å². The zero-order valence-electron chi connectivity index (χ0n) is 19.1. The summed E-state index contributed by atoms with van der Waals surface area (Å²) in [4.78, 5) is 0. The average Bonchev–Trinajstić information content (AvgIpc) is 2.85. The molecule has 0 bridgehead atoms. The fourth-order valence-corrected chi connectivity index (χ4v) is 4.96. The van der Waals surface area contributed by atoms with E-state index in [2.05, 4.69) is 44.2 Å². The van der Waals surface area contributed by atoms with Gasteiger partial charge in [-0.1, -0.05) is 111 Å². The summed E-state index contributed by atoms with van der Waals surface area (Å²) in [7, 11) is 0. The van der Waals surface area contributed by atoms with E-state index in [1.165, 1.54) is 48.8 Å². The molecule has 0 saturated heterocycles. The summed E-state index contributed by atoms with van der Waals surface area (Å²) in [6, 6.07) is 20.2. The summed E-state index contributed by atoms with van der Waals surface area (Å²) >= 11 is 6.50. The Balaban J connectivity index is 1.53. The van der Waals surface area contributed by atoms with E-state index in [0.717, 1.165) is 35.4 Å². The Bertz CT molecular complexity index is 1080. The van der Waals surface area contributed by atoms with E-state index in [9.17, 15) is 0 Å². The molecule has 32 heavy (non-hydrogen) atoms. The van der Waals surface area contributed by atoms with E-state index in [1.54, 1.807) is 0 Å². The van der Waals surface area contributed by atoms with Crippen LogP contribution in [0.15, 0.2) is 66.7 Å². The van der Waals surface area contributed by atoms with Gasteiger partial charge in [0.2, 0.25) is 0 Å². The number of allylic oxidation sites excluding steroid dienone is 2. The van der Waals surface area contributed by atoms with Crippen LogP contribution in [-0.4, -0.2) is 0 Å². The molecular weight excluding hydrogens is 415 g/mol. The fraction of sp³-hybridized carbons (Fsp3) is 0.333. The molecule has 0 N–H and O–H groups in total. The Morgan fingerprint density at radius 1 is 0.844 bits per heavy atom. The molecule has 0 radical (unpaired) electrons. The maximum Gasteiger partial charge on any atom is 0.150 e.